The van der Waals surface area contributed by atoms with Crippen LogP contribution in [-0.2, 0) is 10.9 Å². The standard InChI is InChI=1S/C18H17F3N6O4/c19-18(20,21)10-3-1-9(2-4-10)5-25-26-15-12-16(23-7-22-15)27(8-24-12)17-14(30)13(29)11(6-28)31-17/h1-5,7-8,11,13-14,17,28-30H,6H2,(H,22,23,26)/b25-5+/t11-,13?,14?,17-/m1/s1. The van der Waals surface area contributed by atoms with Crippen LogP contribution >= 0.6 is 0 Å². The first kappa shape index (κ1) is 21.1. The van der Waals surface area contributed by atoms with Crippen LogP contribution in [0.2, 0.25) is 0 Å². The second-order valence-corrected chi connectivity index (χ2v) is 6.76. The Balaban J connectivity index is 1.53. The average molecular weight is 438 g/mol. The highest BCUT2D eigenvalue weighted by Crippen LogP contribution is 2.32. The van der Waals surface area contributed by atoms with Crippen LogP contribution in [0.3, 0.4) is 0 Å². The van der Waals surface area contributed by atoms with Gasteiger partial charge in [0.05, 0.1) is 24.7 Å². The van der Waals surface area contributed by atoms with E-state index in [2.05, 4.69) is 25.5 Å². The number of aromatic nitrogens is 4. The number of rotatable bonds is 5. The molecule has 1 aromatic carbocycles. The topological polar surface area (TPSA) is 138 Å². The zero-order chi connectivity index (χ0) is 22.2. The predicted molar refractivity (Wildman–Crippen MR) is 101 cm³/mol. The van der Waals surface area contributed by atoms with E-state index in [1.807, 2.05) is 0 Å². The van der Waals surface area contributed by atoms with E-state index < -0.39 is 42.9 Å². The Labute approximate surface area is 172 Å². The van der Waals surface area contributed by atoms with Crippen LogP contribution in [0, 0.1) is 0 Å². The molecular weight excluding hydrogens is 421 g/mol. The van der Waals surface area contributed by atoms with Gasteiger partial charge in [0.25, 0.3) is 0 Å². The molecule has 3 aromatic rings. The van der Waals surface area contributed by atoms with Gasteiger partial charge in [-0.05, 0) is 17.7 Å². The molecule has 13 heteroatoms. The number of hydrazone groups is 1. The van der Waals surface area contributed by atoms with Crippen LogP contribution in [-0.4, -0.2) is 66.0 Å². The van der Waals surface area contributed by atoms with Gasteiger partial charge in [-0.2, -0.15) is 18.3 Å². The molecule has 2 aromatic heterocycles. The highest BCUT2D eigenvalue weighted by molar-refractivity contribution is 5.84. The lowest BCUT2D eigenvalue weighted by Gasteiger charge is -2.16. The third-order valence-electron chi connectivity index (χ3n) is 4.77. The monoisotopic (exact) mass is 438 g/mol. The van der Waals surface area contributed by atoms with Gasteiger partial charge >= 0.3 is 6.18 Å². The van der Waals surface area contributed by atoms with Gasteiger partial charge in [-0.1, -0.05) is 12.1 Å². The minimum absolute atomic E-state index is 0.207. The van der Waals surface area contributed by atoms with Crippen molar-refractivity contribution in [3.05, 3.63) is 48.0 Å². The fourth-order valence-corrected chi connectivity index (χ4v) is 3.16. The lowest BCUT2D eigenvalue weighted by molar-refractivity contribution is -0.137. The zero-order valence-electron chi connectivity index (χ0n) is 15.7. The van der Waals surface area contributed by atoms with Crippen molar-refractivity contribution in [2.75, 3.05) is 12.0 Å². The van der Waals surface area contributed by atoms with E-state index in [0.29, 0.717) is 5.56 Å². The maximum Gasteiger partial charge on any atom is 0.416 e. The van der Waals surface area contributed by atoms with Crippen molar-refractivity contribution in [1.82, 2.24) is 19.5 Å². The maximum absolute atomic E-state index is 12.6. The summed E-state index contributed by atoms with van der Waals surface area (Å²) in [5.74, 6) is 0.207. The van der Waals surface area contributed by atoms with Crippen molar-refractivity contribution in [1.29, 1.82) is 0 Å². The van der Waals surface area contributed by atoms with Crippen molar-refractivity contribution >= 4 is 23.2 Å². The third-order valence-corrected chi connectivity index (χ3v) is 4.77. The number of aliphatic hydroxyl groups excluding tert-OH is 3. The van der Waals surface area contributed by atoms with Crippen molar-refractivity contribution < 1.29 is 33.2 Å². The lowest BCUT2D eigenvalue weighted by atomic mass is 10.1. The number of imidazole rings is 1. The van der Waals surface area contributed by atoms with Gasteiger partial charge in [0.15, 0.2) is 23.2 Å². The minimum atomic E-state index is -4.41. The number of benzene rings is 1. The van der Waals surface area contributed by atoms with Crippen LogP contribution in [0.4, 0.5) is 19.0 Å². The molecule has 0 radical (unpaired) electrons. The summed E-state index contributed by atoms with van der Waals surface area (Å²) in [6.07, 6.45) is -5.10. The summed E-state index contributed by atoms with van der Waals surface area (Å²) in [6, 6.07) is 4.46. The van der Waals surface area contributed by atoms with Crippen molar-refractivity contribution in [3.8, 4) is 0 Å². The first-order valence-electron chi connectivity index (χ1n) is 9.06. The number of aliphatic hydroxyl groups is 3. The SMILES string of the molecule is OC[C@H]1O[C@@H](n2cnc3c(N/N=C/c4ccc(C(F)(F)F)cc4)ncnc32)C(O)C1O. The Morgan fingerprint density at radius 1 is 1.13 bits per heavy atom. The molecule has 4 N–H and O–H groups in total. The third kappa shape index (κ3) is 4.07. The molecule has 1 aliphatic heterocycles. The molecule has 2 unspecified atom stereocenters. The molecule has 1 fully saturated rings. The van der Waals surface area contributed by atoms with E-state index in [-0.39, 0.29) is 17.0 Å². The van der Waals surface area contributed by atoms with Crippen molar-refractivity contribution in [2.24, 2.45) is 5.10 Å². The summed E-state index contributed by atoms with van der Waals surface area (Å²) >= 11 is 0. The molecule has 10 nitrogen and oxygen atoms in total. The van der Waals surface area contributed by atoms with E-state index >= 15 is 0 Å². The molecule has 0 amide bonds. The molecule has 3 heterocycles. The fourth-order valence-electron chi connectivity index (χ4n) is 3.16. The molecule has 4 atom stereocenters. The number of halogens is 3. The number of nitrogens with zero attached hydrogens (tertiary/aromatic N) is 5. The quantitative estimate of drug-likeness (QED) is 0.341. The van der Waals surface area contributed by atoms with E-state index in [1.54, 1.807) is 0 Å². The summed E-state index contributed by atoms with van der Waals surface area (Å²) in [5.41, 5.74) is 2.88. The number of nitrogens with one attached hydrogen (secondary N) is 1. The molecule has 31 heavy (non-hydrogen) atoms. The molecule has 0 aliphatic carbocycles. The fraction of sp³-hybridized carbons (Fsp3) is 0.333. The van der Waals surface area contributed by atoms with Gasteiger partial charge in [-0.15, -0.1) is 0 Å². The van der Waals surface area contributed by atoms with E-state index in [4.69, 9.17) is 4.74 Å². The summed E-state index contributed by atoms with van der Waals surface area (Å²) in [5, 5.41) is 33.4. The zero-order valence-corrected chi connectivity index (χ0v) is 15.7. The second kappa shape index (κ2) is 8.19. The Morgan fingerprint density at radius 2 is 1.87 bits per heavy atom. The first-order valence-corrected chi connectivity index (χ1v) is 9.06. The molecule has 164 valence electrons. The Bertz CT molecular complexity index is 1090. The Hall–Kier alpha value is -3.13. The molecule has 0 spiro atoms. The Kier molecular flexibility index (Phi) is 5.58. The van der Waals surface area contributed by atoms with Gasteiger partial charge in [-0.25, -0.2) is 15.0 Å². The molecule has 0 bridgehead atoms. The first-order chi connectivity index (χ1) is 14.8. The summed E-state index contributed by atoms with van der Waals surface area (Å²) in [6.45, 7) is -0.470. The average Bonchev–Trinajstić information content (AvgIpc) is 3.29. The van der Waals surface area contributed by atoms with Crippen LogP contribution < -0.4 is 5.43 Å². The molecule has 0 saturated carbocycles. The molecule has 1 aliphatic rings. The number of hydrogen-bond acceptors (Lipinski definition) is 9. The normalized spacial score (nSPS) is 24.3. The summed E-state index contributed by atoms with van der Waals surface area (Å²) in [7, 11) is 0. The van der Waals surface area contributed by atoms with Crippen molar-refractivity contribution in [3.63, 3.8) is 0 Å². The largest absolute Gasteiger partial charge is 0.416 e. The smallest absolute Gasteiger partial charge is 0.394 e. The highest BCUT2D eigenvalue weighted by Gasteiger charge is 2.44. The Morgan fingerprint density at radius 3 is 2.52 bits per heavy atom. The maximum atomic E-state index is 12.6. The van der Waals surface area contributed by atoms with E-state index in [1.165, 1.54) is 35.6 Å². The molecule has 4 rings (SSSR count). The number of alkyl halides is 3. The van der Waals surface area contributed by atoms with Crippen LogP contribution in [0.5, 0.6) is 0 Å². The van der Waals surface area contributed by atoms with Gasteiger partial charge in [0.2, 0.25) is 0 Å². The van der Waals surface area contributed by atoms with Crippen molar-refractivity contribution in [2.45, 2.75) is 30.7 Å². The second-order valence-electron chi connectivity index (χ2n) is 6.76. The van der Waals surface area contributed by atoms with Crippen LogP contribution in [0.25, 0.3) is 11.2 Å². The van der Waals surface area contributed by atoms with E-state index in [9.17, 15) is 28.5 Å². The van der Waals surface area contributed by atoms with Crippen LogP contribution in [0.15, 0.2) is 42.0 Å². The molecule has 1 saturated heterocycles. The number of fused-ring (bicyclic) bond motifs is 1. The number of ether oxygens (including phenoxy) is 1. The minimum Gasteiger partial charge on any atom is -0.394 e. The van der Waals surface area contributed by atoms with Crippen LogP contribution in [0.1, 0.15) is 17.4 Å². The predicted octanol–water partition coefficient (Wildman–Crippen LogP) is 0.903. The summed E-state index contributed by atoms with van der Waals surface area (Å²) < 4.78 is 44.7. The highest BCUT2D eigenvalue weighted by atomic mass is 19.4. The van der Waals surface area contributed by atoms with Gasteiger partial charge in [0.1, 0.15) is 24.6 Å². The van der Waals surface area contributed by atoms with Gasteiger partial charge in [0, 0.05) is 0 Å². The number of hydrogen-bond donors (Lipinski definition) is 4. The molecular formula is C18H17F3N6O4. The van der Waals surface area contributed by atoms with E-state index in [0.717, 1.165) is 12.1 Å². The van der Waals surface area contributed by atoms with Gasteiger partial charge < -0.3 is 20.1 Å². The number of anilines is 1. The van der Waals surface area contributed by atoms with Gasteiger partial charge in [-0.3, -0.25) is 9.99 Å². The lowest BCUT2D eigenvalue weighted by Crippen LogP contribution is -2.33. The summed E-state index contributed by atoms with van der Waals surface area (Å²) in [4.78, 5) is 12.3.